The van der Waals surface area contributed by atoms with Crippen LogP contribution >= 0.6 is 0 Å². The molecule has 4 aromatic rings. The van der Waals surface area contributed by atoms with Crippen LogP contribution < -0.4 is 16.4 Å². The summed E-state index contributed by atoms with van der Waals surface area (Å²) in [6.07, 6.45) is 0. The van der Waals surface area contributed by atoms with Crippen molar-refractivity contribution < 1.29 is 9.59 Å². The Morgan fingerprint density at radius 1 is 0.929 bits per heavy atom. The minimum Gasteiger partial charge on any atom is -0.277 e. The smallest absolute Gasteiger partial charge is 0.277 e. The van der Waals surface area contributed by atoms with E-state index in [9.17, 15) is 14.4 Å². The molecule has 9 nitrogen and oxygen atoms in total. The van der Waals surface area contributed by atoms with Gasteiger partial charge in [-0.15, -0.1) is 0 Å². The van der Waals surface area contributed by atoms with Gasteiger partial charge in [0, 0.05) is 17.3 Å². The summed E-state index contributed by atoms with van der Waals surface area (Å²) in [5.41, 5.74) is 5.33. The molecule has 0 aliphatic carbocycles. The van der Waals surface area contributed by atoms with Crippen molar-refractivity contribution in [1.29, 1.82) is 0 Å². The van der Waals surface area contributed by atoms with Gasteiger partial charge < -0.3 is 0 Å². The van der Waals surface area contributed by atoms with E-state index in [1.807, 2.05) is 6.07 Å². The summed E-state index contributed by atoms with van der Waals surface area (Å²) in [4.78, 5) is 37.4. The van der Waals surface area contributed by atoms with Crippen molar-refractivity contribution in [2.75, 3.05) is 0 Å². The second-order valence-corrected chi connectivity index (χ2v) is 6.04. The Morgan fingerprint density at radius 3 is 2.25 bits per heavy atom. The minimum absolute atomic E-state index is 0.0456. The standard InChI is InChI=1S/C19H16N6O3/c1-2-25-19(28)12-8-4-3-7-11(12)16(24-25)18(27)23-22-17(26)15-13-9-5-6-10-14(13)20-21-15/h3-10H,2H2,1H3,(H,20,21)(H,22,26)(H,23,27). The zero-order valence-electron chi connectivity index (χ0n) is 14.9. The maximum Gasteiger partial charge on any atom is 0.290 e. The first-order valence-electron chi connectivity index (χ1n) is 8.63. The number of amides is 2. The summed E-state index contributed by atoms with van der Waals surface area (Å²) in [7, 11) is 0. The lowest BCUT2D eigenvalue weighted by Gasteiger charge is -2.10. The lowest BCUT2D eigenvalue weighted by Crippen LogP contribution is -2.43. The van der Waals surface area contributed by atoms with Gasteiger partial charge >= 0.3 is 0 Å². The summed E-state index contributed by atoms with van der Waals surface area (Å²) in [6.45, 7) is 2.07. The summed E-state index contributed by atoms with van der Waals surface area (Å²) in [5, 5.41) is 12.3. The molecule has 2 amide bonds. The van der Waals surface area contributed by atoms with E-state index in [0.717, 1.165) is 0 Å². The van der Waals surface area contributed by atoms with Crippen LogP contribution in [0.4, 0.5) is 0 Å². The van der Waals surface area contributed by atoms with Crippen LogP contribution in [-0.2, 0) is 6.54 Å². The third kappa shape index (κ3) is 2.88. The van der Waals surface area contributed by atoms with Crippen LogP contribution in [0.3, 0.4) is 0 Å². The maximum absolute atomic E-state index is 12.6. The lowest BCUT2D eigenvalue weighted by molar-refractivity contribution is 0.0842. The molecule has 9 heteroatoms. The number of aromatic amines is 1. The van der Waals surface area contributed by atoms with Gasteiger partial charge in [0.1, 0.15) is 0 Å². The average molecular weight is 376 g/mol. The van der Waals surface area contributed by atoms with E-state index in [-0.39, 0.29) is 16.9 Å². The summed E-state index contributed by atoms with van der Waals surface area (Å²) >= 11 is 0. The molecule has 0 spiro atoms. The first kappa shape index (κ1) is 17.4. The Hall–Kier alpha value is -4.01. The number of hydrazine groups is 1. The van der Waals surface area contributed by atoms with Gasteiger partial charge in [0.15, 0.2) is 11.4 Å². The molecule has 0 aliphatic rings. The number of carbonyl (C=O) groups is 2. The molecule has 0 fully saturated rings. The number of para-hydroxylation sites is 1. The van der Waals surface area contributed by atoms with Gasteiger partial charge in [0.05, 0.1) is 10.9 Å². The Bertz CT molecular complexity index is 1270. The van der Waals surface area contributed by atoms with Crippen LogP contribution in [0.1, 0.15) is 27.9 Å². The van der Waals surface area contributed by atoms with Gasteiger partial charge in [0.25, 0.3) is 17.4 Å². The van der Waals surface area contributed by atoms with Gasteiger partial charge in [-0.25, -0.2) is 4.68 Å². The van der Waals surface area contributed by atoms with Crippen molar-refractivity contribution in [2.24, 2.45) is 0 Å². The second-order valence-electron chi connectivity index (χ2n) is 6.04. The Kier molecular flexibility index (Phi) is 4.32. The fourth-order valence-electron chi connectivity index (χ4n) is 2.99. The number of H-pyrrole nitrogens is 1. The molecule has 0 saturated heterocycles. The Labute approximate surface area is 158 Å². The van der Waals surface area contributed by atoms with Crippen LogP contribution in [0.15, 0.2) is 53.3 Å². The first-order chi connectivity index (χ1) is 13.6. The van der Waals surface area contributed by atoms with Crippen LogP contribution in [0, 0.1) is 0 Å². The van der Waals surface area contributed by atoms with E-state index >= 15 is 0 Å². The average Bonchev–Trinajstić information content (AvgIpc) is 3.16. The third-order valence-corrected chi connectivity index (χ3v) is 4.36. The van der Waals surface area contributed by atoms with E-state index in [1.54, 1.807) is 49.4 Å². The Morgan fingerprint density at radius 2 is 1.54 bits per heavy atom. The highest BCUT2D eigenvalue weighted by Crippen LogP contribution is 2.15. The highest BCUT2D eigenvalue weighted by atomic mass is 16.2. The summed E-state index contributed by atoms with van der Waals surface area (Å²) in [6, 6.07) is 13.9. The number of carbonyl (C=O) groups excluding carboxylic acids is 2. The molecular weight excluding hydrogens is 360 g/mol. The molecule has 0 saturated carbocycles. The number of aryl methyl sites for hydroxylation is 1. The number of hydrogen-bond donors (Lipinski definition) is 3. The number of rotatable bonds is 3. The zero-order chi connectivity index (χ0) is 19.7. The quantitative estimate of drug-likeness (QED) is 0.466. The monoisotopic (exact) mass is 376 g/mol. The van der Waals surface area contributed by atoms with Crippen molar-refractivity contribution in [2.45, 2.75) is 13.5 Å². The highest BCUT2D eigenvalue weighted by molar-refractivity contribution is 6.08. The largest absolute Gasteiger partial charge is 0.290 e. The number of fused-ring (bicyclic) bond motifs is 2. The molecule has 4 rings (SSSR count). The summed E-state index contributed by atoms with van der Waals surface area (Å²) in [5.74, 6) is -1.20. The molecule has 0 aliphatic heterocycles. The molecule has 28 heavy (non-hydrogen) atoms. The fourth-order valence-corrected chi connectivity index (χ4v) is 2.99. The van der Waals surface area contributed by atoms with Crippen LogP contribution in [0.5, 0.6) is 0 Å². The number of nitrogens with zero attached hydrogens (tertiary/aromatic N) is 3. The molecule has 0 atom stereocenters. The first-order valence-corrected chi connectivity index (χ1v) is 8.63. The molecule has 0 unspecified atom stereocenters. The third-order valence-electron chi connectivity index (χ3n) is 4.36. The number of hydrogen-bond acceptors (Lipinski definition) is 5. The van der Waals surface area contributed by atoms with E-state index in [1.165, 1.54) is 4.68 Å². The van der Waals surface area contributed by atoms with E-state index in [4.69, 9.17) is 0 Å². The highest BCUT2D eigenvalue weighted by Gasteiger charge is 2.18. The van der Waals surface area contributed by atoms with Gasteiger partial charge in [-0.05, 0) is 19.1 Å². The SMILES string of the molecule is CCn1nc(C(=O)NNC(=O)c2n[nH]c3ccccc23)c2ccccc2c1=O. The fraction of sp³-hybridized carbons (Fsp3) is 0.105. The lowest BCUT2D eigenvalue weighted by atomic mass is 10.1. The van der Waals surface area contributed by atoms with Crippen molar-refractivity contribution in [3.8, 4) is 0 Å². The molecule has 2 aromatic heterocycles. The molecule has 3 N–H and O–H groups in total. The number of aromatic nitrogens is 4. The molecule has 2 heterocycles. The van der Waals surface area contributed by atoms with Gasteiger partial charge in [-0.1, -0.05) is 36.4 Å². The molecule has 2 aromatic carbocycles. The summed E-state index contributed by atoms with van der Waals surface area (Å²) < 4.78 is 1.21. The molecular formula is C19H16N6O3. The predicted molar refractivity (Wildman–Crippen MR) is 103 cm³/mol. The number of benzene rings is 2. The molecule has 140 valence electrons. The van der Waals surface area contributed by atoms with Gasteiger partial charge in [-0.2, -0.15) is 10.2 Å². The van der Waals surface area contributed by atoms with Crippen molar-refractivity contribution in [1.82, 2.24) is 30.8 Å². The predicted octanol–water partition coefficient (Wildman–Crippen LogP) is 1.37. The van der Waals surface area contributed by atoms with E-state index in [2.05, 4.69) is 26.1 Å². The topological polar surface area (TPSA) is 122 Å². The molecule has 0 bridgehead atoms. The maximum atomic E-state index is 12.6. The van der Waals surface area contributed by atoms with E-state index < -0.39 is 11.8 Å². The van der Waals surface area contributed by atoms with Gasteiger partial charge in [-0.3, -0.25) is 30.3 Å². The Balaban J connectivity index is 1.61. The number of nitrogens with one attached hydrogen (secondary N) is 3. The van der Waals surface area contributed by atoms with Crippen molar-refractivity contribution in [3.05, 3.63) is 70.3 Å². The van der Waals surface area contributed by atoms with E-state index in [0.29, 0.717) is 28.2 Å². The van der Waals surface area contributed by atoms with Crippen LogP contribution in [0.25, 0.3) is 21.7 Å². The zero-order valence-corrected chi connectivity index (χ0v) is 14.9. The minimum atomic E-state index is -0.633. The van der Waals surface area contributed by atoms with Crippen LogP contribution in [-0.4, -0.2) is 31.8 Å². The molecule has 0 radical (unpaired) electrons. The van der Waals surface area contributed by atoms with Crippen LogP contribution in [0.2, 0.25) is 0 Å². The van der Waals surface area contributed by atoms with Crippen molar-refractivity contribution in [3.63, 3.8) is 0 Å². The van der Waals surface area contributed by atoms with Gasteiger partial charge in [0.2, 0.25) is 0 Å². The van der Waals surface area contributed by atoms with Crippen molar-refractivity contribution >= 4 is 33.5 Å². The second kappa shape index (κ2) is 6.95. The normalized spacial score (nSPS) is 10.9.